The highest BCUT2D eigenvalue weighted by Crippen LogP contribution is 2.26. The second kappa shape index (κ2) is 5.06. The van der Waals surface area contributed by atoms with Crippen molar-refractivity contribution in [2.45, 2.75) is 13.0 Å². The van der Waals surface area contributed by atoms with Crippen LogP contribution in [0.4, 0.5) is 0 Å². The Morgan fingerprint density at radius 1 is 1.10 bits per heavy atom. The zero-order valence-corrected chi connectivity index (χ0v) is 11.7. The number of aromatic nitrogens is 2. The molecule has 0 aliphatic heterocycles. The third-order valence-electron chi connectivity index (χ3n) is 3.58. The molecule has 2 aromatic heterocycles. The molecule has 6 nitrogen and oxygen atoms in total. The third-order valence-corrected chi connectivity index (χ3v) is 3.58. The fourth-order valence-corrected chi connectivity index (χ4v) is 2.51. The molecule has 108 valence electrons. The van der Waals surface area contributed by atoms with Gasteiger partial charge in [-0.3, -0.25) is 9.59 Å². The second-order valence-electron chi connectivity index (χ2n) is 4.87. The molecule has 3 aromatic rings. The van der Waals surface area contributed by atoms with Crippen LogP contribution in [0, 0.1) is 6.92 Å². The Morgan fingerprint density at radius 2 is 1.81 bits per heavy atom. The van der Waals surface area contributed by atoms with Crippen molar-refractivity contribution < 1.29 is 4.42 Å². The molecule has 1 aromatic carbocycles. The minimum atomic E-state index is -0.653. The van der Waals surface area contributed by atoms with E-state index in [1.165, 1.54) is 0 Å². The van der Waals surface area contributed by atoms with Crippen LogP contribution in [-0.4, -0.2) is 17.0 Å². The van der Waals surface area contributed by atoms with Crippen molar-refractivity contribution in [1.82, 2.24) is 15.3 Å². The Kier molecular flexibility index (Phi) is 3.23. The van der Waals surface area contributed by atoms with Crippen molar-refractivity contribution in [3.8, 4) is 0 Å². The lowest BCUT2D eigenvalue weighted by Gasteiger charge is -2.16. The van der Waals surface area contributed by atoms with Crippen molar-refractivity contribution in [3.63, 3.8) is 0 Å². The monoisotopic (exact) mass is 285 g/mol. The summed E-state index contributed by atoms with van der Waals surface area (Å²) in [6, 6.07) is 7.39. The first kappa shape index (κ1) is 13.4. The summed E-state index contributed by atoms with van der Waals surface area (Å²) in [5.74, 6) is 0.837. The molecule has 2 heterocycles. The maximum atomic E-state index is 11.4. The number of H-pyrrole nitrogens is 2. The van der Waals surface area contributed by atoms with E-state index in [1.54, 1.807) is 12.3 Å². The lowest BCUT2D eigenvalue weighted by Crippen LogP contribution is -2.29. The molecule has 0 fully saturated rings. The fraction of sp³-hybridized carbons (Fsp3) is 0.200. The van der Waals surface area contributed by atoms with Gasteiger partial charge in [-0.15, -0.1) is 0 Å². The van der Waals surface area contributed by atoms with E-state index in [4.69, 9.17) is 4.42 Å². The van der Waals surface area contributed by atoms with Crippen molar-refractivity contribution >= 4 is 11.0 Å². The highest BCUT2D eigenvalue weighted by Gasteiger charge is 2.16. The van der Waals surface area contributed by atoms with E-state index < -0.39 is 11.1 Å². The molecular formula is C15H15N3O3. The molecule has 0 radical (unpaired) electrons. The fourth-order valence-electron chi connectivity index (χ4n) is 2.51. The van der Waals surface area contributed by atoms with Gasteiger partial charge in [-0.05, 0) is 37.7 Å². The van der Waals surface area contributed by atoms with Crippen LogP contribution in [-0.2, 0) is 0 Å². The van der Waals surface area contributed by atoms with Crippen molar-refractivity contribution in [2.24, 2.45) is 0 Å². The predicted octanol–water partition coefficient (Wildman–Crippen LogP) is 1.43. The van der Waals surface area contributed by atoms with E-state index in [2.05, 4.69) is 15.3 Å². The van der Waals surface area contributed by atoms with Crippen LogP contribution >= 0.6 is 0 Å². The Morgan fingerprint density at radius 3 is 2.43 bits per heavy atom. The van der Waals surface area contributed by atoms with E-state index in [0.717, 1.165) is 16.9 Å². The van der Waals surface area contributed by atoms with Crippen LogP contribution in [0.1, 0.15) is 22.9 Å². The number of benzene rings is 1. The molecule has 0 saturated heterocycles. The van der Waals surface area contributed by atoms with Crippen LogP contribution in [0.3, 0.4) is 0 Å². The van der Waals surface area contributed by atoms with Gasteiger partial charge in [0.25, 0.3) is 0 Å². The summed E-state index contributed by atoms with van der Waals surface area (Å²) in [7, 11) is 1.86. The Hall–Kier alpha value is -2.60. The van der Waals surface area contributed by atoms with Crippen molar-refractivity contribution in [1.29, 1.82) is 0 Å². The number of hydrogen-bond acceptors (Lipinski definition) is 4. The van der Waals surface area contributed by atoms with Gasteiger partial charge in [0.2, 0.25) is 0 Å². The average molecular weight is 285 g/mol. The summed E-state index contributed by atoms with van der Waals surface area (Å²) < 4.78 is 5.35. The molecule has 3 rings (SSSR count). The summed E-state index contributed by atoms with van der Waals surface area (Å²) in [6.45, 7) is 1.90. The number of hydrogen-bond donors (Lipinski definition) is 3. The zero-order chi connectivity index (χ0) is 15.0. The first-order valence-electron chi connectivity index (χ1n) is 6.57. The van der Waals surface area contributed by atoms with Crippen molar-refractivity contribution in [2.75, 3.05) is 7.05 Å². The molecule has 0 spiro atoms. The van der Waals surface area contributed by atoms with Gasteiger partial charge in [-0.25, -0.2) is 0 Å². The summed E-state index contributed by atoms with van der Waals surface area (Å²) in [5, 5.41) is 3.23. The van der Waals surface area contributed by atoms with Crippen LogP contribution in [0.2, 0.25) is 0 Å². The molecule has 0 amide bonds. The quantitative estimate of drug-likeness (QED) is 0.635. The highest BCUT2D eigenvalue weighted by atomic mass is 16.3. The number of aryl methyl sites for hydroxylation is 1. The normalized spacial score (nSPS) is 12.7. The van der Waals surface area contributed by atoms with E-state index in [9.17, 15) is 9.59 Å². The lowest BCUT2D eigenvalue weighted by atomic mass is 9.99. The maximum absolute atomic E-state index is 11.4. The first-order valence-corrected chi connectivity index (χ1v) is 6.57. The Labute approximate surface area is 119 Å². The average Bonchev–Trinajstić information content (AvgIpc) is 2.88. The number of nitrogens with one attached hydrogen (secondary N) is 3. The van der Waals surface area contributed by atoms with Crippen LogP contribution in [0.5, 0.6) is 0 Å². The smallest absolute Gasteiger partial charge is 0.314 e. The van der Waals surface area contributed by atoms with Gasteiger partial charge in [0.1, 0.15) is 5.76 Å². The molecule has 1 atom stereocenters. The molecule has 0 aliphatic carbocycles. The number of rotatable bonds is 3. The minimum Gasteiger partial charge on any atom is -0.469 e. The van der Waals surface area contributed by atoms with E-state index in [0.29, 0.717) is 11.0 Å². The Bertz CT molecular complexity index is 904. The summed E-state index contributed by atoms with van der Waals surface area (Å²) >= 11 is 0. The predicted molar refractivity (Wildman–Crippen MR) is 79.5 cm³/mol. The Balaban J connectivity index is 2.15. The molecule has 6 heteroatoms. The highest BCUT2D eigenvalue weighted by molar-refractivity contribution is 5.74. The first-order chi connectivity index (χ1) is 10.1. The lowest BCUT2D eigenvalue weighted by molar-refractivity contribution is 0.523. The van der Waals surface area contributed by atoms with Gasteiger partial charge in [-0.2, -0.15) is 0 Å². The van der Waals surface area contributed by atoms with Crippen molar-refractivity contribution in [3.05, 3.63) is 68.1 Å². The zero-order valence-electron chi connectivity index (χ0n) is 11.7. The molecule has 21 heavy (non-hydrogen) atoms. The molecule has 0 saturated carbocycles. The van der Waals surface area contributed by atoms with E-state index in [1.807, 2.05) is 32.2 Å². The van der Waals surface area contributed by atoms with Gasteiger partial charge < -0.3 is 19.7 Å². The van der Waals surface area contributed by atoms with Gasteiger partial charge in [-0.1, -0.05) is 6.07 Å². The SMILES string of the molecule is CNC(c1ccc2[nH]c(=O)c(=O)[nH]c2c1)c1ccoc1C. The van der Waals surface area contributed by atoms with Gasteiger partial charge in [0.15, 0.2) is 0 Å². The number of furan rings is 1. The summed E-state index contributed by atoms with van der Waals surface area (Å²) in [5.41, 5.74) is 1.90. The maximum Gasteiger partial charge on any atom is 0.314 e. The number of fused-ring (bicyclic) bond motifs is 1. The molecule has 0 aliphatic rings. The van der Waals surface area contributed by atoms with Gasteiger partial charge >= 0.3 is 11.1 Å². The standard InChI is InChI=1S/C15H15N3O3/c1-8-10(5-6-21-8)13(16-2)9-3-4-11-12(7-9)18-15(20)14(19)17-11/h3-7,13,16H,1-2H3,(H,17,19)(H,18,20). The van der Waals surface area contributed by atoms with Gasteiger partial charge in [0, 0.05) is 5.56 Å². The summed E-state index contributed by atoms with van der Waals surface area (Å²) in [6.07, 6.45) is 1.65. The molecular weight excluding hydrogens is 270 g/mol. The minimum absolute atomic E-state index is 0.0522. The van der Waals surface area contributed by atoms with Crippen LogP contribution < -0.4 is 16.4 Å². The molecule has 1 unspecified atom stereocenters. The topological polar surface area (TPSA) is 90.9 Å². The molecule has 3 N–H and O–H groups in total. The van der Waals surface area contributed by atoms with Gasteiger partial charge in [0.05, 0.1) is 23.3 Å². The summed E-state index contributed by atoms with van der Waals surface area (Å²) in [4.78, 5) is 27.9. The largest absolute Gasteiger partial charge is 0.469 e. The van der Waals surface area contributed by atoms with E-state index >= 15 is 0 Å². The second-order valence-corrected chi connectivity index (χ2v) is 4.87. The van der Waals surface area contributed by atoms with E-state index in [-0.39, 0.29) is 6.04 Å². The number of aromatic amines is 2. The molecule has 0 bridgehead atoms. The van der Waals surface area contributed by atoms with Crippen LogP contribution in [0.25, 0.3) is 11.0 Å². The van der Waals surface area contributed by atoms with Crippen LogP contribution in [0.15, 0.2) is 44.5 Å². The third kappa shape index (κ3) is 2.30.